The van der Waals surface area contributed by atoms with Crippen LogP contribution in [0.1, 0.15) is 47.0 Å². The second-order valence-corrected chi connectivity index (χ2v) is 9.63. The number of amides is 1. The highest BCUT2D eigenvalue weighted by Crippen LogP contribution is 2.38. The summed E-state index contributed by atoms with van der Waals surface area (Å²) < 4.78 is 5.51. The number of carboxylic acids is 1. The van der Waals surface area contributed by atoms with E-state index < -0.39 is 17.1 Å². The van der Waals surface area contributed by atoms with Crippen molar-refractivity contribution in [2.45, 2.75) is 62.8 Å². The molecule has 23 heavy (non-hydrogen) atoms. The maximum Gasteiger partial charge on any atom is 0.410 e. The van der Waals surface area contributed by atoms with Crippen molar-refractivity contribution in [3.05, 3.63) is 0 Å². The lowest BCUT2D eigenvalue weighted by atomic mass is 9.85. The topological polar surface area (TPSA) is 78.9 Å². The Morgan fingerprint density at radius 2 is 2.00 bits per heavy atom. The van der Waals surface area contributed by atoms with Crippen LogP contribution in [0.4, 0.5) is 4.79 Å². The first-order chi connectivity index (χ1) is 10.5. The normalized spacial score (nSPS) is 26.7. The van der Waals surface area contributed by atoms with Crippen molar-refractivity contribution in [1.29, 1.82) is 0 Å². The van der Waals surface area contributed by atoms with Gasteiger partial charge >= 0.3 is 12.1 Å². The molecule has 0 radical (unpaired) electrons. The Morgan fingerprint density at radius 3 is 2.48 bits per heavy atom. The molecule has 0 bridgehead atoms. The minimum absolute atomic E-state index is 0.0209. The van der Waals surface area contributed by atoms with Gasteiger partial charge in [0.2, 0.25) is 0 Å². The molecule has 0 aromatic rings. The Hall–Kier alpha value is -0.950. The summed E-state index contributed by atoms with van der Waals surface area (Å²) in [5.41, 5.74) is -1.07. The largest absolute Gasteiger partial charge is 0.481 e. The minimum Gasteiger partial charge on any atom is -0.481 e. The Labute approximate surface area is 142 Å². The molecule has 0 aromatic heterocycles. The van der Waals surface area contributed by atoms with Gasteiger partial charge in [0.05, 0.1) is 12.0 Å². The lowest BCUT2D eigenvalue weighted by Crippen LogP contribution is -2.72. The molecule has 2 saturated heterocycles. The van der Waals surface area contributed by atoms with Gasteiger partial charge in [-0.1, -0.05) is 0 Å². The molecule has 132 valence electrons. The first kappa shape index (κ1) is 18.4. The minimum atomic E-state index is -0.842. The van der Waals surface area contributed by atoms with Gasteiger partial charge in [0, 0.05) is 24.4 Å². The molecule has 1 atom stereocenters. The number of carboxylic acid groups (broad SMARTS) is 1. The Morgan fingerprint density at radius 1 is 1.35 bits per heavy atom. The second-order valence-electron chi connectivity index (χ2n) is 7.94. The van der Waals surface area contributed by atoms with Gasteiger partial charge in [0.1, 0.15) is 5.60 Å². The zero-order valence-electron chi connectivity index (χ0n) is 14.5. The fourth-order valence-electron chi connectivity index (χ4n) is 3.07. The SMILES string of the molecule is CC(C)(C)OC(=O)N1CC(CC(=O)O)(NCC2(C)CCCS2)C1. The number of carbonyl (C=O) groups excluding carboxylic acids is 1. The van der Waals surface area contributed by atoms with Crippen LogP contribution in [0.15, 0.2) is 0 Å². The fraction of sp³-hybridized carbons (Fsp3) is 0.875. The number of likely N-dealkylation sites (tertiary alicyclic amines) is 1. The second kappa shape index (κ2) is 6.51. The first-order valence-corrected chi connectivity index (χ1v) is 9.10. The summed E-state index contributed by atoms with van der Waals surface area (Å²) in [7, 11) is 0. The van der Waals surface area contributed by atoms with Crippen molar-refractivity contribution >= 4 is 23.8 Å². The zero-order valence-corrected chi connectivity index (χ0v) is 15.3. The van der Waals surface area contributed by atoms with Gasteiger partial charge in [-0.25, -0.2) is 4.79 Å². The Balaban J connectivity index is 1.92. The molecule has 2 heterocycles. The quantitative estimate of drug-likeness (QED) is 0.797. The van der Waals surface area contributed by atoms with Crippen LogP contribution >= 0.6 is 11.8 Å². The van der Waals surface area contributed by atoms with E-state index in [0.29, 0.717) is 13.1 Å². The van der Waals surface area contributed by atoms with E-state index in [-0.39, 0.29) is 17.3 Å². The first-order valence-electron chi connectivity index (χ1n) is 8.11. The number of aliphatic carboxylic acids is 1. The molecule has 0 aliphatic carbocycles. The molecule has 2 aliphatic heterocycles. The lowest BCUT2D eigenvalue weighted by Gasteiger charge is -2.50. The molecular weight excluding hydrogens is 316 g/mol. The third kappa shape index (κ3) is 5.01. The predicted molar refractivity (Wildman–Crippen MR) is 90.9 cm³/mol. The summed E-state index contributed by atoms with van der Waals surface area (Å²) in [6.07, 6.45) is 2.00. The third-order valence-corrected chi connectivity index (χ3v) is 5.80. The molecule has 0 aromatic carbocycles. The molecule has 0 spiro atoms. The monoisotopic (exact) mass is 344 g/mol. The van der Waals surface area contributed by atoms with Crippen LogP contribution in [-0.4, -0.2) is 63.3 Å². The predicted octanol–water partition coefficient (Wildman–Crippen LogP) is 2.33. The summed E-state index contributed by atoms with van der Waals surface area (Å²) in [6, 6.07) is 0. The van der Waals surface area contributed by atoms with Crippen LogP contribution in [0, 0.1) is 0 Å². The van der Waals surface area contributed by atoms with E-state index in [0.717, 1.165) is 18.7 Å². The maximum atomic E-state index is 12.1. The summed E-state index contributed by atoms with van der Waals surface area (Å²) in [5, 5.41) is 12.6. The van der Waals surface area contributed by atoms with Crippen LogP contribution in [0.3, 0.4) is 0 Å². The Bertz CT molecular complexity index is 463. The van der Waals surface area contributed by atoms with E-state index in [9.17, 15) is 14.7 Å². The van der Waals surface area contributed by atoms with E-state index in [1.54, 1.807) is 4.90 Å². The highest BCUT2D eigenvalue weighted by molar-refractivity contribution is 8.00. The van der Waals surface area contributed by atoms with E-state index in [1.807, 2.05) is 32.5 Å². The van der Waals surface area contributed by atoms with Crippen LogP contribution < -0.4 is 5.32 Å². The van der Waals surface area contributed by atoms with Gasteiger partial charge in [0.15, 0.2) is 0 Å². The molecular formula is C16H28N2O4S. The number of hydrogen-bond donors (Lipinski definition) is 2. The van der Waals surface area contributed by atoms with E-state index in [2.05, 4.69) is 12.2 Å². The van der Waals surface area contributed by atoms with Crippen LogP contribution in [-0.2, 0) is 9.53 Å². The van der Waals surface area contributed by atoms with Gasteiger partial charge in [-0.2, -0.15) is 11.8 Å². The molecule has 2 aliphatic rings. The lowest BCUT2D eigenvalue weighted by molar-refractivity contribution is -0.141. The summed E-state index contributed by atoms with van der Waals surface area (Å²) >= 11 is 1.94. The van der Waals surface area contributed by atoms with Crippen molar-refractivity contribution in [3.8, 4) is 0 Å². The molecule has 6 nitrogen and oxygen atoms in total. The molecule has 1 unspecified atom stereocenters. The van der Waals surface area contributed by atoms with E-state index >= 15 is 0 Å². The van der Waals surface area contributed by atoms with Crippen LogP contribution in [0.2, 0.25) is 0 Å². The number of carbonyl (C=O) groups is 2. The summed E-state index contributed by atoms with van der Waals surface area (Å²) in [4.78, 5) is 24.8. The summed E-state index contributed by atoms with van der Waals surface area (Å²) in [6.45, 7) is 9.23. The molecule has 7 heteroatoms. The Kier molecular flexibility index (Phi) is 5.21. The number of ether oxygens (including phenoxy) is 1. The van der Waals surface area contributed by atoms with E-state index in [4.69, 9.17) is 4.74 Å². The van der Waals surface area contributed by atoms with Gasteiger partial charge in [-0.3, -0.25) is 4.79 Å². The molecule has 0 saturated carbocycles. The number of nitrogens with zero attached hydrogens (tertiary/aromatic N) is 1. The molecule has 2 rings (SSSR count). The number of rotatable bonds is 5. The van der Waals surface area contributed by atoms with Crippen molar-refractivity contribution in [3.63, 3.8) is 0 Å². The van der Waals surface area contributed by atoms with Gasteiger partial charge in [-0.15, -0.1) is 0 Å². The smallest absolute Gasteiger partial charge is 0.410 e. The highest BCUT2D eigenvalue weighted by Gasteiger charge is 2.48. The average Bonchev–Trinajstić information content (AvgIpc) is 2.76. The number of nitrogens with one attached hydrogen (secondary N) is 1. The zero-order chi connectivity index (χ0) is 17.3. The van der Waals surface area contributed by atoms with E-state index in [1.165, 1.54) is 6.42 Å². The average molecular weight is 344 g/mol. The maximum absolute atomic E-state index is 12.1. The third-order valence-electron chi connectivity index (χ3n) is 4.27. The number of thioether (sulfide) groups is 1. The van der Waals surface area contributed by atoms with Crippen molar-refractivity contribution < 1.29 is 19.4 Å². The van der Waals surface area contributed by atoms with Crippen LogP contribution in [0.25, 0.3) is 0 Å². The van der Waals surface area contributed by atoms with Crippen molar-refractivity contribution in [2.75, 3.05) is 25.4 Å². The number of hydrogen-bond acceptors (Lipinski definition) is 5. The van der Waals surface area contributed by atoms with Crippen molar-refractivity contribution in [2.24, 2.45) is 0 Å². The fourth-order valence-corrected chi connectivity index (χ4v) is 4.31. The van der Waals surface area contributed by atoms with Gasteiger partial charge < -0.3 is 20.1 Å². The van der Waals surface area contributed by atoms with Gasteiger partial charge in [-0.05, 0) is 46.3 Å². The molecule has 2 N–H and O–H groups in total. The summed E-state index contributed by atoms with van der Waals surface area (Å²) in [5.74, 6) is 0.319. The molecule has 1 amide bonds. The highest BCUT2D eigenvalue weighted by atomic mass is 32.2. The van der Waals surface area contributed by atoms with Crippen molar-refractivity contribution in [1.82, 2.24) is 10.2 Å². The van der Waals surface area contributed by atoms with Gasteiger partial charge in [0.25, 0.3) is 0 Å². The van der Waals surface area contributed by atoms with Crippen LogP contribution in [0.5, 0.6) is 0 Å². The standard InChI is InChI=1S/C16H28N2O4S/c1-14(2,3)22-13(21)18-10-16(11-18,8-12(19)20)17-9-15(4)6-5-7-23-15/h17H,5-11H2,1-4H3,(H,19,20). The molecule has 2 fully saturated rings.